The number of carbonyl (C=O) groups excluding carboxylic acids is 1. The molecule has 2 aliphatic heterocycles. The number of benzene rings is 3. The summed E-state index contributed by atoms with van der Waals surface area (Å²) in [6.45, 7) is 9.13. The van der Waals surface area contributed by atoms with Gasteiger partial charge in [-0.25, -0.2) is 16.8 Å². The van der Waals surface area contributed by atoms with E-state index < -0.39 is 32.1 Å². The number of hydrogen-bond acceptors (Lipinski definition) is 7. The number of sulfonamides is 2. The molecule has 2 aliphatic rings. The first-order valence-corrected chi connectivity index (χ1v) is 17.6. The van der Waals surface area contributed by atoms with Gasteiger partial charge in [-0.1, -0.05) is 44.5 Å². The number of fused-ring (bicyclic) bond motifs is 1. The fourth-order valence-corrected chi connectivity index (χ4v) is 8.15. The second-order valence-corrected chi connectivity index (χ2v) is 15.9. The number of amides is 1. The van der Waals surface area contributed by atoms with Crippen molar-refractivity contribution in [1.29, 1.82) is 0 Å². The van der Waals surface area contributed by atoms with Crippen LogP contribution in [0.4, 0.5) is 5.69 Å². The summed E-state index contributed by atoms with van der Waals surface area (Å²) in [5, 5.41) is 2.77. The predicted molar refractivity (Wildman–Crippen MR) is 168 cm³/mol. The van der Waals surface area contributed by atoms with Gasteiger partial charge in [-0.15, -0.1) is 0 Å². The lowest BCUT2D eigenvalue weighted by Crippen LogP contribution is -2.51. The molecule has 1 N–H and O–H groups in total. The average Bonchev–Trinajstić information content (AvgIpc) is 3.55. The molecule has 0 spiro atoms. The van der Waals surface area contributed by atoms with E-state index in [4.69, 9.17) is 9.47 Å². The molecule has 0 bridgehead atoms. The zero-order valence-corrected chi connectivity index (χ0v) is 27.1. The van der Waals surface area contributed by atoms with Gasteiger partial charge in [0.1, 0.15) is 18.1 Å². The van der Waals surface area contributed by atoms with Gasteiger partial charge in [-0.2, -0.15) is 4.31 Å². The summed E-state index contributed by atoms with van der Waals surface area (Å²) < 4.78 is 67.6. The molecule has 3 aromatic rings. The molecule has 0 unspecified atom stereocenters. The normalized spacial score (nSPS) is 17.5. The molecule has 12 heteroatoms. The van der Waals surface area contributed by atoms with E-state index >= 15 is 0 Å². The molecule has 5 rings (SSSR count). The molecule has 0 aliphatic carbocycles. The monoisotopic (exact) mass is 641 g/mol. The Hall–Kier alpha value is -3.61. The molecule has 0 aromatic heterocycles. The van der Waals surface area contributed by atoms with E-state index in [1.165, 1.54) is 20.7 Å². The minimum Gasteiger partial charge on any atom is -0.492 e. The van der Waals surface area contributed by atoms with Crippen molar-refractivity contribution in [3.8, 4) is 11.5 Å². The van der Waals surface area contributed by atoms with Crippen LogP contribution in [0.25, 0.3) is 0 Å². The lowest BCUT2D eigenvalue weighted by atomic mass is 9.86. The van der Waals surface area contributed by atoms with Crippen LogP contribution >= 0.6 is 0 Å². The number of rotatable bonds is 9. The Morgan fingerprint density at radius 1 is 0.909 bits per heavy atom. The van der Waals surface area contributed by atoms with Crippen molar-refractivity contribution < 1.29 is 31.1 Å². The summed E-state index contributed by atoms with van der Waals surface area (Å²) >= 11 is 0. The third-order valence-corrected chi connectivity index (χ3v) is 11.5. The Balaban J connectivity index is 1.25. The van der Waals surface area contributed by atoms with Crippen molar-refractivity contribution in [2.24, 2.45) is 0 Å². The highest BCUT2D eigenvalue weighted by Crippen LogP contribution is 2.40. The van der Waals surface area contributed by atoms with E-state index in [1.54, 1.807) is 42.5 Å². The van der Waals surface area contributed by atoms with Gasteiger partial charge in [0.2, 0.25) is 10.0 Å². The van der Waals surface area contributed by atoms with E-state index in [0.29, 0.717) is 30.3 Å². The molecule has 3 aromatic carbocycles. The maximum Gasteiger partial charge on any atom is 0.264 e. The zero-order valence-electron chi connectivity index (χ0n) is 25.4. The highest BCUT2D eigenvalue weighted by molar-refractivity contribution is 7.92. The molecule has 0 saturated carbocycles. The third-order valence-electron chi connectivity index (χ3n) is 7.79. The first-order valence-electron chi connectivity index (χ1n) is 14.7. The van der Waals surface area contributed by atoms with Crippen molar-refractivity contribution in [3.63, 3.8) is 0 Å². The highest BCUT2D eigenvalue weighted by atomic mass is 32.2. The Bertz CT molecular complexity index is 1710. The molecular formula is C32H39N3O7S2. The molecule has 44 heavy (non-hydrogen) atoms. The van der Waals surface area contributed by atoms with Crippen LogP contribution in [0, 0.1) is 6.92 Å². The van der Waals surface area contributed by atoms with Gasteiger partial charge in [-0.05, 0) is 79.3 Å². The Kier molecular flexibility index (Phi) is 8.97. The van der Waals surface area contributed by atoms with E-state index in [1.807, 2.05) is 39.8 Å². The summed E-state index contributed by atoms with van der Waals surface area (Å²) in [5.41, 5.74) is 2.03. The fourth-order valence-electron chi connectivity index (χ4n) is 5.16. The van der Waals surface area contributed by atoms with Gasteiger partial charge in [0.05, 0.1) is 28.6 Å². The lowest BCUT2D eigenvalue weighted by Gasteiger charge is -2.36. The zero-order chi connectivity index (χ0) is 31.7. The average molecular weight is 642 g/mol. The highest BCUT2D eigenvalue weighted by Gasteiger charge is 2.38. The van der Waals surface area contributed by atoms with Gasteiger partial charge in [0, 0.05) is 13.1 Å². The summed E-state index contributed by atoms with van der Waals surface area (Å²) in [5.74, 6) is 0.295. The van der Waals surface area contributed by atoms with Gasteiger partial charge in [-0.3, -0.25) is 9.10 Å². The van der Waals surface area contributed by atoms with Crippen molar-refractivity contribution in [3.05, 3.63) is 77.9 Å². The van der Waals surface area contributed by atoms with Crippen LogP contribution in [-0.4, -0.2) is 65.9 Å². The predicted octanol–water partition coefficient (Wildman–Crippen LogP) is 4.23. The van der Waals surface area contributed by atoms with Crippen LogP contribution in [0.3, 0.4) is 0 Å². The van der Waals surface area contributed by atoms with Crippen LogP contribution in [0.1, 0.15) is 44.7 Å². The summed E-state index contributed by atoms with van der Waals surface area (Å²) in [4.78, 5) is 13.5. The van der Waals surface area contributed by atoms with E-state index in [-0.39, 0.29) is 34.9 Å². The maximum absolute atomic E-state index is 13.8. The fraction of sp³-hybridized carbons (Fsp3) is 0.406. The Morgan fingerprint density at radius 3 is 2.16 bits per heavy atom. The second kappa shape index (κ2) is 12.4. The smallest absolute Gasteiger partial charge is 0.264 e. The van der Waals surface area contributed by atoms with Gasteiger partial charge >= 0.3 is 0 Å². The van der Waals surface area contributed by atoms with Crippen LogP contribution in [0.5, 0.6) is 11.5 Å². The summed E-state index contributed by atoms with van der Waals surface area (Å²) in [7, 11) is -7.51. The summed E-state index contributed by atoms with van der Waals surface area (Å²) in [6, 6.07) is 18.2. The number of anilines is 1. The van der Waals surface area contributed by atoms with Crippen LogP contribution in [-0.2, 0) is 30.3 Å². The van der Waals surface area contributed by atoms with Crippen molar-refractivity contribution in [1.82, 2.24) is 9.62 Å². The molecule has 10 nitrogen and oxygen atoms in total. The molecular weight excluding hydrogens is 603 g/mol. The van der Waals surface area contributed by atoms with Crippen LogP contribution in [0.15, 0.2) is 76.5 Å². The first-order chi connectivity index (χ1) is 20.8. The van der Waals surface area contributed by atoms with Crippen LogP contribution in [0.2, 0.25) is 0 Å². The minimum absolute atomic E-state index is 0.119. The van der Waals surface area contributed by atoms with E-state index in [2.05, 4.69) is 5.32 Å². The Labute approximate surface area is 260 Å². The molecule has 2 heterocycles. The van der Waals surface area contributed by atoms with E-state index in [9.17, 15) is 21.6 Å². The standard InChI is InChI=1S/C32H39N3O7S2/c1-23-7-12-27(13-8-23)44(39,40)35-22-30(42-29-16-9-24(21-28(29)35)32(2,3)4)31(36)33-17-20-41-25-10-14-26(15-11-25)43(37,38)34-18-5-6-19-34/h7-16,21,30H,5-6,17-20,22H2,1-4H3,(H,33,36)/t30-/m0/s1. The number of nitrogens with zero attached hydrogens (tertiary/aromatic N) is 2. The van der Waals surface area contributed by atoms with Crippen molar-refractivity contribution >= 4 is 31.6 Å². The van der Waals surface area contributed by atoms with Crippen molar-refractivity contribution in [2.45, 2.75) is 61.8 Å². The molecule has 0 radical (unpaired) electrons. The largest absolute Gasteiger partial charge is 0.492 e. The SMILES string of the molecule is Cc1ccc(S(=O)(=O)N2C[C@@H](C(=O)NCCOc3ccc(S(=O)(=O)N4CCCC4)cc3)Oc3ccc(C(C)(C)C)cc32)cc1. The minimum atomic E-state index is -4.00. The molecule has 236 valence electrons. The van der Waals surface area contributed by atoms with Gasteiger partial charge < -0.3 is 14.8 Å². The number of hydrogen-bond donors (Lipinski definition) is 1. The van der Waals surface area contributed by atoms with Gasteiger partial charge in [0.15, 0.2) is 6.10 Å². The quantitative estimate of drug-likeness (QED) is 0.347. The molecule has 1 atom stereocenters. The summed E-state index contributed by atoms with van der Waals surface area (Å²) in [6.07, 6.45) is 0.644. The molecule has 1 fully saturated rings. The number of carbonyl (C=O) groups is 1. The second-order valence-electron chi connectivity index (χ2n) is 12.1. The van der Waals surface area contributed by atoms with Crippen molar-refractivity contribution in [2.75, 3.05) is 37.1 Å². The topological polar surface area (TPSA) is 122 Å². The van der Waals surface area contributed by atoms with E-state index in [0.717, 1.165) is 24.0 Å². The molecule has 1 amide bonds. The maximum atomic E-state index is 13.8. The Morgan fingerprint density at radius 2 is 1.52 bits per heavy atom. The number of ether oxygens (including phenoxy) is 2. The third kappa shape index (κ3) is 6.72. The van der Waals surface area contributed by atoms with Gasteiger partial charge in [0.25, 0.3) is 15.9 Å². The van der Waals surface area contributed by atoms with Crippen LogP contribution < -0.4 is 19.1 Å². The lowest BCUT2D eigenvalue weighted by molar-refractivity contribution is -0.127. The first kappa shape index (κ1) is 31.8. The number of nitrogens with one attached hydrogen (secondary N) is 1. The molecule has 1 saturated heterocycles. The number of aryl methyl sites for hydroxylation is 1.